The molecule has 0 aliphatic carbocycles. The van der Waals surface area contributed by atoms with Crippen LogP contribution in [-0.4, -0.2) is 20.5 Å². The molecule has 0 unspecified atom stereocenters. The van der Waals surface area contributed by atoms with Gasteiger partial charge in [0.05, 0.1) is 16.9 Å². The first-order valence-electron chi connectivity index (χ1n) is 6.26. The average Bonchev–Trinajstić information content (AvgIpc) is 2.96. The topological polar surface area (TPSA) is 67.8 Å². The van der Waals surface area contributed by atoms with Crippen LogP contribution in [0.5, 0.6) is 0 Å². The van der Waals surface area contributed by atoms with Crippen molar-refractivity contribution in [1.29, 1.82) is 0 Å². The Bertz CT molecular complexity index is 763. The van der Waals surface area contributed by atoms with Crippen molar-refractivity contribution in [3.05, 3.63) is 47.1 Å². The van der Waals surface area contributed by atoms with Gasteiger partial charge in [0.1, 0.15) is 4.88 Å². The number of pyridine rings is 1. The Kier molecular flexibility index (Phi) is 3.39. The van der Waals surface area contributed by atoms with Gasteiger partial charge in [0.2, 0.25) is 0 Å². The van der Waals surface area contributed by atoms with E-state index in [1.807, 2.05) is 37.3 Å². The summed E-state index contributed by atoms with van der Waals surface area (Å²) < 4.78 is 3.84. The van der Waals surface area contributed by atoms with Crippen LogP contribution >= 0.6 is 11.5 Å². The van der Waals surface area contributed by atoms with Gasteiger partial charge in [-0.25, -0.2) is 0 Å². The minimum atomic E-state index is -0.173. The quantitative estimate of drug-likeness (QED) is 0.803. The van der Waals surface area contributed by atoms with Gasteiger partial charge in [-0.3, -0.25) is 9.78 Å². The van der Waals surface area contributed by atoms with Crippen LogP contribution in [0.25, 0.3) is 10.9 Å². The molecule has 3 rings (SSSR count). The number of benzene rings is 1. The largest absolute Gasteiger partial charge is 0.321 e. The number of anilines is 1. The van der Waals surface area contributed by atoms with Crippen LogP contribution in [-0.2, 0) is 6.42 Å². The van der Waals surface area contributed by atoms with Crippen LogP contribution in [0.3, 0.4) is 0 Å². The lowest BCUT2D eigenvalue weighted by atomic mass is 10.2. The summed E-state index contributed by atoms with van der Waals surface area (Å²) in [5.41, 5.74) is 2.32. The van der Waals surface area contributed by atoms with Crippen LogP contribution in [0.2, 0.25) is 0 Å². The zero-order valence-corrected chi connectivity index (χ0v) is 11.6. The van der Waals surface area contributed by atoms with Crippen molar-refractivity contribution in [2.75, 3.05) is 5.32 Å². The molecule has 1 aromatic carbocycles. The predicted molar refractivity (Wildman–Crippen MR) is 79.0 cm³/mol. The van der Waals surface area contributed by atoms with Gasteiger partial charge in [0.15, 0.2) is 0 Å². The minimum Gasteiger partial charge on any atom is -0.321 e. The van der Waals surface area contributed by atoms with Gasteiger partial charge in [-0.05, 0) is 42.2 Å². The summed E-state index contributed by atoms with van der Waals surface area (Å²) in [4.78, 5) is 17.1. The fraction of sp³-hybridized carbons (Fsp3) is 0.143. The molecule has 20 heavy (non-hydrogen) atoms. The molecule has 0 aliphatic heterocycles. The molecule has 2 aromatic heterocycles. The second-order valence-corrected chi connectivity index (χ2v) is 4.99. The van der Waals surface area contributed by atoms with Crippen molar-refractivity contribution in [2.24, 2.45) is 0 Å². The second kappa shape index (κ2) is 5.34. The van der Waals surface area contributed by atoms with Gasteiger partial charge < -0.3 is 5.32 Å². The maximum absolute atomic E-state index is 12.3. The third-order valence-corrected chi connectivity index (χ3v) is 3.76. The summed E-state index contributed by atoms with van der Waals surface area (Å²) in [6.07, 6.45) is 2.42. The summed E-state index contributed by atoms with van der Waals surface area (Å²) in [5.74, 6) is -0.173. The van der Waals surface area contributed by atoms with E-state index in [1.54, 1.807) is 6.20 Å². The van der Waals surface area contributed by atoms with Crippen molar-refractivity contribution in [1.82, 2.24) is 14.6 Å². The lowest BCUT2D eigenvalue weighted by Crippen LogP contribution is -2.12. The lowest BCUT2D eigenvalue weighted by Gasteiger charge is -2.07. The molecule has 0 saturated carbocycles. The number of hydrogen-bond donors (Lipinski definition) is 1. The molecule has 0 fully saturated rings. The van der Waals surface area contributed by atoms with E-state index in [0.717, 1.165) is 33.8 Å². The third kappa shape index (κ3) is 2.25. The van der Waals surface area contributed by atoms with Crippen LogP contribution < -0.4 is 5.32 Å². The molecule has 2 heterocycles. The number of fused-ring (bicyclic) bond motifs is 1. The van der Waals surface area contributed by atoms with Crippen molar-refractivity contribution in [3.63, 3.8) is 0 Å². The van der Waals surface area contributed by atoms with Gasteiger partial charge in [0.25, 0.3) is 5.91 Å². The van der Waals surface area contributed by atoms with Gasteiger partial charge in [-0.2, -0.15) is 0 Å². The van der Waals surface area contributed by atoms with Crippen LogP contribution in [0.1, 0.15) is 22.3 Å². The molecule has 1 amide bonds. The molecule has 1 N–H and O–H groups in total. The Labute approximate surface area is 119 Å². The lowest BCUT2D eigenvalue weighted by molar-refractivity contribution is 0.102. The molecule has 0 saturated heterocycles. The summed E-state index contributed by atoms with van der Waals surface area (Å²) >= 11 is 1.12. The van der Waals surface area contributed by atoms with E-state index >= 15 is 0 Å². The number of nitrogens with one attached hydrogen (secondary N) is 1. The molecule has 0 atom stereocenters. The molecule has 6 heteroatoms. The Morgan fingerprint density at radius 3 is 3.05 bits per heavy atom. The SMILES string of the molecule is CCc1nnsc1C(=O)Nc1cccc2ncccc12. The number of rotatable bonds is 3. The van der Waals surface area contributed by atoms with Crippen molar-refractivity contribution >= 4 is 34.0 Å². The normalized spacial score (nSPS) is 10.7. The smallest absolute Gasteiger partial charge is 0.269 e. The van der Waals surface area contributed by atoms with Crippen LogP contribution in [0, 0.1) is 0 Å². The molecule has 100 valence electrons. The van der Waals surface area contributed by atoms with E-state index < -0.39 is 0 Å². The number of aryl methyl sites for hydroxylation is 1. The molecule has 0 radical (unpaired) electrons. The zero-order chi connectivity index (χ0) is 13.9. The van der Waals surface area contributed by atoms with Crippen molar-refractivity contribution in [3.8, 4) is 0 Å². The van der Waals surface area contributed by atoms with E-state index in [1.165, 1.54) is 0 Å². The van der Waals surface area contributed by atoms with Crippen LogP contribution in [0.15, 0.2) is 36.5 Å². The zero-order valence-electron chi connectivity index (χ0n) is 10.8. The van der Waals surface area contributed by atoms with Gasteiger partial charge >= 0.3 is 0 Å². The Morgan fingerprint density at radius 2 is 2.20 bits per heavy atom. The summed E-state index contributed by atoms with van der Waals surface area (Å²) in [6, 6.07) is 9.43. The average molecular weight is 284 g/mol. The van der Waals surface area contributed by atoms with Crippen LogP contribution in [0.4, 0.5) is 5.69 Å². The highest BCUT2D eigenvalue weighted by atomic mass is 32.1. The summed E-state index contributed by atoms with van der Waals surface area (Å²) in [7, 11) is 0. The molecule has 0 aliphatic rings. The first-order chi connectivity index (χ1) is 9.79. The molecular formula is C14H12N4OS. The number of nitrogens with zero attached hydrogens (tertiary/aromatic N) is 3. The fourth-order valence-corrected chi connectivity index (χ4v) is 2.65. The standard InChI is InChI=1S/C14H12N4OS/c1-2-10-13(20-18-17-10)14(19)16-12-7-3-6-11-9(12)5-4-8-15-11/h3-8H,2H2,1H3,(H,16,19). The fourth-order valence-electron chi connectivity index (χ4n) is 2.00. The highest BCUT2D eigenvalue weighted by Crippen LogP contribution is 2.22. The van der Waals surface area contributed by atoms with Crippen molar-refractivity contribution < 1.29 is 4.79 Å². The van der Waals surface area contributed by atoms with Crippen molar-refractivity contribution in [2.45, 2.75) is 13.3 Å². The molecular weight excluding hydrogens is 272 g/mol. The first-order valence-corrected chi connectivity index (χ1v) is 7.03. The Hall–Kier alpha value is -2.34. The Balaban J connectivity index is 1.96. The number of carbonyl (C=O) groups is 1. The Morgan fingerprint density at radius 1 is 1.30 bits per heavy atom. The highest BCUT2D eigenvalue weighted by molar-refractivity contribution is 7.08. The third-order valence-electron chi connectivity index (χ3n) is 2.99. The highest BCUT2D eigenvalue weighted by Gasteiger charge is 2.15. The van der Waals surface area contributed by atoms with E-state index in [0.29, 0.717) is 11.3 Å². The number of aromatic nitrogens is 3. The number of hydrogen-bond acceptors (Lipinski definition) is 5. The monoisotopic (exact) mass is 284 g/mol. The molecule has 5 nitrogen and oxygen atoms in total. The maximum Gasteiger partial charge on any atom is 0.269 e. The number of amides is 1. The van der Waals surface area contributed by atoms with E-state index in [-0.39, 0.29) is 5.91 Å². The maximum atomic E-state index is 12.3. The van der Waals surface area contributed by atoms with Gasteiger partial charge in [0, 0.05) is 11.6 Å². The van der Waals surface area contributed by atoms with E-state index in [9.17, 15) is 4.79 Å². The predicted octanol–water partition coefficient (Wildman–Crippen LogP) is 2.90. The molecule has 0 bridgehead atoms. The van der Waals surface area contributed by atoms with Gasteiger partial charge in [-0.15, -0.1) is 5.10 Å². The molecule has 3 aromatic rings. The summed E-state index contributed by atoms with van der Waals surface area (Å²) in [6.45, 7) is 1.95. The second-order valence-electron chi connectivity index (χ2n) is 4.23. The first kappa shape index (κ1) is 12.7. The summed E-state index contributed by atoms with van der Waals surface area (Å²) in [5, 5.41) is 7.78. The van der Waals surface area contributed by atoms with E-state index in [4.69, 9.17) is 0 Å². The van der Waals surface area contributed by atoms with E-state index in [2.05, 4.69) is 19.9 Å². The number of carbonyl (C=O) groups excluding carboxylic acids is 1. The van der Waals surface area contributed by atoms with Gasteiger partial charge in [-0.1, -0.05) is 17.5 Å². The minimum absolute atomic E-state index is 0.173. The molecule has 0 spiro atoms.